The molecule has 0 saturated carbocycles. The highest BCUT2D eigenvalue weighted by molar-refractivity contribution is 5.72. The first-order chi connectivity index (χ1) is 8.74. The Hall–Kier alpha value is -1.31. The van der Waals surface area contributed by atoms with Crippen LogP contribution in [0.25, 0.3) is 0 Å². The molecule has 0 aromatic heterocycles. The van der Waals surface area contributed by atoms with Gasteiger partial charge in [0.2, 0.25) is 0 Å². The standard InChI is InChI=1S/C16H22O2/c1-3-12(4-2)16(17)18-15-10-9-13-7-5-6-8-14(13)11-15/h5-8,12,15H,3-4,9-11H2,1-2H3/t15-/m0/s1. The Morgan fingerprint density at radius 3 is 2.61 bits per heavy atom. The molecule has 1 aliphatic rings. The smallest absolute Gasteiger partial charge is 0.309 e. The number of carbonyl (C=O) groups excluding carboxylic acids is 1. The van der Waals surface area contributed by atoms with Crippen LogP contribution in [0.15, 0.2) is 24.3 Å². The van der Waals surface area contributed by atoms with E-state index in [1.807, 2.05) is 13.8 Å². The van der Waals surface area contributed by atoms with Crippen LogP contribution < -0.4 is 0 Å². The number of rotatable bonds is 4. The maximum absolute atomic E-state index is 12.0. The first-order valence-electron chi connectivity index (χ1n) is 7.01. The summed E-state index contributed by atoms with van der Waals surface area (Å²) >= 11 is 0. The molecule has 2 heteroatoms. The molecule has 2 nitrogen and oxygen atoms in total. The molecule has 0 spiro atoms. The lowest BCUT2D eigenvalue weighted by molar-refractivity contribution is -0.154. The highest BCUT2D eigenvalue weighted by Crippen LogP contribution is 2.24. The molecule has 0 unspecified atom stereocenters. The highest BCUT2D eigenvalue weighted by Gasteiger charge is 2.24. The van der Waals surface area contributed by atoms with E-state index in [0.717, 1.165) is 32.1 Å². The van der Waals surface area contributed by atoms with Crippen molar-refractivity contribution in [1.82, 2.24) is 0 Å². The molecule has 0 saturated heterocycles. The van der Waals surface area contributed by atoms with Gasteiger partial charge in [-0.05, 0) is 36.8 Å². The summed E-state index contributed by atoms with van der Waals surface area (Å²) in [7, 11) is 0. The molecule has 0 fully saturated rings. The number of ether oxygens (including phenoxy) is 1. The first kappa shape index (κ1) is 13.1. The van der Waals surface area contributed by atoms with Crippen LogP contribution in [0.1, 0.15) is 44.2 Å². The molecule has 2 rings (SSSR count). The van der Waals surface area contributed by atoms with Crippen molar-refractivity contribution >= 4 is 5.97 Å². The van der Waals surface area contributed by atoms with Crippen molar-refractivity contribution in [1.29, 1.82) is 0 Å². The second kappa shape index (κ2) is 6.03. The van der Waals surface area contributed by atoms with E-state index < -0.39 is 0 Å². The Morgan fingerprint density at radius 2 is 1.94 bits per heavy atom. The summed E-state index contributed by atoms with van der Waals surface area (Å²) in [6.45, 7) is 4.09. The topological polar surface area (TPSA) is 26.3 Å². The van der Waals surface area contributed by atoms with Crippen molar-refractivity contribution in [3.05, 3.63) is 35.4 Å². The van der Waals surface area contributed by atoms with Crippen molar-refractivity contribution in [2.75, 3.05) is 0 Å². The lowest BCUT2D eigenvalue weighted by Crippen LogP contribution is -2.28. The van der Waals surface area contributed by atoms with Crippen LogP contribution in [0.5, 0.6) is 0 Å². The second-order valence-corrected chi connectivity index (χ2v) is 5.08. The minimum absolute atomic E-state index is 0.00983. The van der Waals surface area contributed by atoms with Gasteiger partial charge in [0.05, 0.1) is 5.92 Å². The number of carbonyl (C=O) groups is 1. The number of hydrogen-bond donors (Lipinski definition) is 0. The lowest BCUT2D eigenvalue weighted by atomic mass is 9.90. The normalized spacial score (nSPS) is 18.5. The van der Waals surface area contributed by atoms with Gasteiger partial charge in [-0.3, -0.25) is 4.79 Å². The average molecular weight is 246 g/mol. The Bertz CT molecular complexity index is 407. The molecule has 0 aliphatic heterocycles. The molecular weight excluding hydrogens is 224 g/mol. The van der Waals surface area contributed by atoms with Crippen LogP contribution in [0.4, 0.5) is 0 Å². The van der Waals surface area contributed by atoms with Crippen molar-refractivity contribution in [3.8, 4) is 0 Å². The molecule has 0 heterocycles. The molecule has 1 aromatic rings. The third kappa shape index (κ3) is 2.92. The SMILES string of the molecule is CCC(CC)C(=O)O[C@H]1CCc2ccccc2C1. The largest absolute Gasteiger partial charge is 0.462 e. The quantitative estimate of drug-likeness (QED) is 0.760. The van der Waals surface area contributed by atoms with E-state index in [-0.39, 0.29) is 18.0 Å². The summed E-state index contributed by atoms with van der Waals surface area (Å²) in [6.07, 6.45) is 4.69. The first-order valence-corrected chi connectivity index (χ1v) is 7.01. The van der Waals surface area contributed by atoms with Crippen LogP contribution in [0.3, 0.4) is 0 Å². The van der Waals surface area contributed by atoms with Crippen LogP contribution in [0, 0.1) is 5.92 Å². The molecule has 18 heavy (non-hydrogen) atoms. The molecule has 1 atom stereocenters. The third-order valence-corrected chi connectivity index (χ3v) is 3.90. The highest BCUT2D eigenvalue weighted by atomic mass is 16.5. The van der Waals surface area contributed by atoms with Gasteiger partial charge in [-0.25, -0.2) is 0 Å². The Labute approximate surface area is 109 Å². The zero-order valence-corrected chi connectivity index (χ0v) is 11.3. The molecule has 98 valence electrons. The molecule has 0 bridgehead atoms. The Balaban J connectivity index is 1.95. The van der Waals surface area contributed by atoms with Crippen LogP contribution in [-0.4, -0.2) is 12.1 Å². The fraction of sp³-hybridized carbons (Fsp3) is 0.562. The number of hydrogen-bond acceptors (Lipinski definition) is 2. The molecule has 0 N–H and O–H groups in total. The van der Waals surface area contributed by atoms with E-state index in [9.17, 15) is 4.79 Å². The predicted octanol–water partition coefficient (Wildman–Crippen LogP) is 3.52. The van der Waals surface area contributed by atoms with Gasteiger partial charge >= 0.3 is 5.97 Å². The zero-order valence-electron chi connectivity index (χ0n) is 11.3. The fourth-order valence-electron chi connectivity index (χ4n) is 2.65. The third-order valence-electron chi connectivity index (χ3n) is 3.90. The van der Waals surface area contributed by atoms with Gasteiger partial charge in [0.15, 0.2) is 0 Å². The van der Waals surface area contributed by atoms with Gasteiger partial charge in [-0.15, -0.1) is 0 Å². The van der Waals surface area contributed by atoms with Crippen molar-refractivity contribution in [2.24, 2.45) is 5.92 Å². The van der Waals surface area contributed by atoms with Gasteiger partial charge in [-0.1, -0.05) is 38.1 Å². The van der Waals surface area contributed by atoms with Gasteiger partial charge in [0, 0.05) is 6.42 Å². The van der Waals surface area contributed by atoms with Crippen molar-refractivity contribution in [2.45, 2.75) is 52.1 Å². The molecule has 1 aromatic carbocycles. The minimum atomic E-state index is -0.00983. The van der Waals surface area contributed by atoms with E-state index in [0.29, 0.717) is 0 Å². The van der Waals surface area contributed by atoms with E-state index in [4.69, 9.17) is 4.74 Å². The predicted molar refractivity (Wildman–Crippen MR) is 72.4 cm³/mol. The molecule has 0 amide bonds. The Morgan fingerprint density at radius 1 is 1.28 bits per heavy atom. The van der Waals surface area contributed by atoms with E-state index in [1.54, 1.807) is 0 Å². The fourth-order valence-corrected chi connectivity index (χ4v) is 2.65. The summed E-state index contributed by atoms with van der Waals surface area (Å²) in [5.74, 6) is 0.0616. The van der Waals surface area contributed by atoms with Gasteiger partial charge in [-0.2, -0.15) is 0 Å². The Kier molecular flexibility index (Phi) is 4.40. The van der Waals surface area contributed by atoms with Gasteiger partial charge in [0.1, 0.15) is 6.10 Å². The summed E-state index contributed by atoms with van der Waals surface area (Å²) in [5, 5.41) is 0. The average Bonchev–Trinajstić information content (AvgIpc) is 2.40. The number of benzene rings is 1. The zero-order chi connectivity index (χ0) is 13.0. The lowest BCUT2D eigenvalue weighted by Gasteiger charge is -2.26. The summed E-state index contributed by atoms with van der Waals surface area (Å²) in [6, 6.07) is 8.46. The summed E-state index contributed by atoms with van der Waals surface area (Å²) in [4.78, 5) is 12.0. The van der Waals surface area contributed by atoms with Crippen LogP contribution in [0.2, 0.25) is 0 Å². The maximum atomic E-state index is 12.0. The molecule has 1 aliphatic carbocycles. The minimum Gasteiger partial charge on any atom is -0.462 e. The summed E-state index contributed by atoms with van der Waals surface area (Å²) in [5.41, 5.74) is 2.75. The maximum Gasteiger partial charge on any atom is 0.309 e. The monoisotopic (exact) mass is 246 g/mol. The van der Waals surface area contributed by atoms with Crippen LogP contribution in [-0.2, 0) is 22.4 Å². The van der Waals surface area contributed by atoms with Gasteiger partial charge in [0.25, 0.3) is 0 Å². The number of fused-ring (bicyclic) bond motifs is 1. The van der Waals surface area contributed by atoms with E-state index >= 15 is 0 Å². The second-order valence-electron chi connectivity index (χ2n) is 5.08. The number of esters is 1. The van der Waals surface area contributed by atoms with Crippen molar-refractivity contribution < 1.29 is 9.53 Å². The van der Waals surface area contributed by atoms with Crippen LogP contribution >= 0.6 is 0 Å². The van der Waals surface area contributed by atoms with E-state index in [2.05, 4.69) is 24.3 Å². The van der Waals surface area contributed by atoms with Gasteiger partial charge < -0.3 is 4.74 Å². The van der Waals surface area contributed by atoms with Crippen molar-refractivity contribution in [3.63, 3.8) is 0 Å². The molecular formula is C16H22O2. The summed E-state index contributed by atoms with van der Waals surface area (Å²) < 4.78 is 5.65. The number of aryl methyl sites for hydroxylation is 1. The molecule has 0 radical (unpaired) electrons. The van der Waals surface area contributed by atoms with E-state index in [1.165, 1.54) is 11.1 Å².